The van der Waals surface area contributed by atoms with Gasteiger partial charge >= 0.3 is 0 Å². The van der Waals surface area contributed by atoms with E-state index in [1.807, 2.05) is 30.3 Å². The lowest BCUT2D eigenvalue weighted by Gasteiger charge is -2.19. The highest BCUT2D eigenvalue weighted by molar-refractivity contribution is 7.91. The Hall–Kier alpha value is -3.76. The second-order valence-electron chi connectivity index (χ2n) is 8.05. The molecule has 0 aliphatic rings. The van der Waals surface area contributed by atoms with Crippen molar-refractivity contribution in [2.75, 3.05) is 12.9 Å². The largest absolute Gasteiger partial charge is 0.480 e. The van der Waals surface area contributed by atoms with Gasteiger partial charge in [-0.3, -0.25) is 0 Å². The smallest absolute Gasteiger partial charge is 0.247 e. The van der Waals surface area contributed by atoms with Gasteiger partial charge in [-0.25, -0.2) is 22.8 Å². The highest BCUT2D eigenvalue weighted by atomic mass is 32.2. The molecule has 0 aliphatic heterocycles. The Labute approximate surface area is 209 Å². The van der Waals surface area contributed by atoms with Crippen LogP contribution in [0.4, 0.5) is 4.39 Å². The second kappa shape index (κ2) is 11.3. The standard InChI is InChI=1S/C26H25FN4O4S/c1-18-16-23(22-12-13-25(34-2)31-30-22)29-26(28-18)36(32,33)15-14-24(19-8-4-3-5-9-19)35-17-20-10-6-7-11-21(20)27/h3-13,16,24H,14-15,17H2,1-2H3. The molecular weight excluding hydrogens is 483 g/mol. The summed E-state index contributed by atoms with van der Waals surface area (Å²) in [5, 5.41) is 7.67. The van der Waals surface area contributed by atoms with Crippen molar-refractivity contribution in [3.63, 3.8) is 0 Å². The number of sulfone groups is 1. The number of rotatable bonds is 10. The van der Waals surface area contributed by atoms with Gasteiger partial charge in [0.1, 0.15) is 11.5 Å². The summed E-state index contributed by atoms with van der Waals surface area (Å²) in [5.41, 5.74) is 2.41. The molecule has 4 aromatic rings. The molecule has 0 fully saturated rings. The Bertz CT molecular complexity index is 1420. The molecule has 0 bridgehead atoms. The molecule has 186 valence electrons. The van der Waals surface area contributed by atoms with Crippen LogP contribution in [-0.4, -0.2) is 41.4 Å². The van der Waals surface area contributed by atoms with Crippen molar-refractivity contribution in [3.05, 3.63) is 95.4 Å². The molecule has 2 aromatic heterocycles. The number of hydrogen-bond donors (Lipinski definition) is 0. The number of benzene rings is 2. The first-order valence-corrected chi connectivity index (χ1v) is 12.9. The summed E-state index contributed by atoms with van der Waals surface area (Å²) in [6, 6.07) is 20.5. The average molecular weight is 509 g/mol. The maximum absolute atomic E-state index is 14.1. The van der Waals surface area contributed by atoms with E-state index in [1.165, 1.54) is 13.2 Å². The Morgan fingerprint density at radius 1 is 0.917 bits per heavy atom. The first-order chi connectivity index (χ1) is 17.4. The van der Waals surface area contributed by atoms with E-state index in [9.17, 15) is 12.8 Å². The first kappa shape index (κ1) is 25.3. The Balaban J connectivity index is 1.54. The zero-order valence-electron chi connectivity index (χ0n) is 19.8. The van der Waals surface area contributed by atoms with Gasteiger partial charge < -0.3 is 9.47 Å². The number of aromatic nitrogens is 4. The van der Waals surface area contributed by atoms with Crippen LogP contribution >= 0.6 is 0 Å². The molecule has 0 N–H and O–H groups in total. The average Bonchev–Trinajstić information content (AvgIpc) is 2.90. The summed E-state index contributed by atoms with van der Waals surface area (Å²) in [7, 11) is -2.39. The second-order valence-corrected chi connectivity index (χ2v) is 10.1. The van der Waals surface area contributed by atoms with Gasteiger partial charge in [-0.1, -0.05) is 48.5 Å². The van der Waals surface area contributed by atoms with Gasteiger partial charge in [-0.15, -0.1) is 10.2 Å². The maximum Gasteiger partial charge on any atom is 0.247 e. The summed E-state index contributed by atoms with van der Waals surface area (Å²) in [5.74, 6) is -0.306. The van der Waals surface area contributed by atoms with Gasteiger partial charge in [-0.2, -0.15) is 0 Å². The van der Waals surface area contributed by atoms with Crippen molar-refractivity contribution in [2.45, 2.75) is 31.2 Å². The fraction of sp³-hybridized carbons (Fsp3) is 0.231. The normalized spacial score (nSPS) is 12.3. The monoisotopic (exact) mass is 508 g/mol. The molecule has 10 heteroatoms. The van der Waals surface area contributed by atoms with E-state index < -0.39 is 15.9 Å². The topological polar surface area (TPSA) is 104 Å². The molecule has 0 saturated carbocycles. The molecular formula is C26H25FN4O4S. The predicted molar refractivity (Wildman–Crippen MR) is 131 cm³/mol. The van der Waals surface area contributed by atoms with E-state index in [1.54, 1.807) is 43.3 Å². The van der Waals surface area contributed by atoms with E-state index in [2.05, 4.69) is 20.2 Å². The van der Waals surface area contributed by atoms with Crippen molar-refractivity contribution in [1.29, 1.82) is 0 Å². The summed E-state index contributed by atoms with van der Waals surface area (Å²) in [6.45, 7) is 1.69. The van der Waals surface area contributed by atoms with E-state index in [-0.39, 0.29) is 29.8 Å². The van der Waals surface area contributed by atoms with E-state index in [4.69, 9.17) is 9.47 Å². The van der Waals surface area contributed by atoms with Crippen LogP contribution in [0.5, 0.6) is 5.88 Å². The van der Waals surface area contributed by atoms with Crippen LogP contribution in [0.2, 0.25) is 0 Å². The first-order valence-electron chi connectivity index (χ1n) is 11.2. The van der Waals surface area contributed by atoms with Crippen molar-refractivity contribution in [1.82, 2.24) is 20.2 Å². The van der Waals surface area contributed by atoms with Gasteiger partial charge in [0.2, 0.25) is 20.9 Å². The maximum atomic E-state index is 14.1. The fourth-order valence-electron chi connectivity index (χ4n) is 3.55. The molecule has 1 unspecified atom stereocenters. The SMILES string of the molecule is COc1ccc(-c2cc(C)nc(S(=O)(=O)CCC(OCc3ccccc3F)c3ccccc3)n2)nn1. The Kier molecular flexibility index (Phi) is 7.97. The zero-order chi connectivity index (χ0) is 25.5. The number of nitrogens with zero attached hydrogens (tertiary/aromatic N) is 4. The van der Waals surface area contributed by atoms with E-state index in [0.29, 0.717) is 28.5 Å². The number of halogens is 1. The minimum absolute atomic E-state index is 0.00745. The summed E-state index contributed by atoms with van der Waals surface area (Å²) < 4.78 is 51.6. The van der Waals surface area contributed by atoms with Crippen molar-refractivity contribution in [2.24, 2.45) is 0 Å². The summed E-state index contributed by atoms with van der Waals surface area (Å²) in [6.07, 6.45) is -0.437. The predicted octanol–water partition coefficient (Wildman–Crippen LogP) is 4.51. The van der Waals surface area contributed by atoms with E-state index in [0.717, 1.165) is 5.56 Å². The van der Waals surface area contributed by atoms with Crippen LogP contribution < -0.4 is 4.74 Å². The highest BCUT2D eigenvalue weighted by Gasteiger charge is 2.24. The molecule has 36 heavy (non-hydrogen) atoms. The molecule has 2 heterocycles. The quantitative estimate of drug-likeness (QED) is 0.288. The van der Waals surface area contributed by atoms with E-state index >= 15 is 0 Å². The number of hydrogen-bond acceptors (Lipinski definition) is 8. The van der Waals surface area contributed by atoms with Crippen molar-refractivity contribution in [3.8, 4) is 17.3 Å². The third-order valence-corrected chi connectivity index (χ3v) is 6.95. The van der Waals surface area contributed by atoms with Crippen molar-refractivity contribution < 1.29 is 22.3 Å². The highest BCUT2D eigenvalue weighted by Crippen LogP contribution is 2.26. The van der Waals surface area contributed by atoms with Crippen LogP contribution in [0.1, 0.15) is 29.3 Å². The summed E-state index contributed by atoms with van der Waals surface area (Å²) >= 11 is 0. The molecule has 0 spiro atoms. The lowest BCUT2D eigenvalue weighted by atomic mass is 10.1. The molecule has 0 radical (unpaired) electrons. The van der Waals surface area contributed by atoms with Crippen LogP contribution in [0.3, 0.4) is 0 Å². The van der Waals surface area contributed by atoms with Crippen LogP contribution in [0.15, 0.2) is 78.0 Å². The van der Waals surface area contributed by atoms with Gasteiger partial charge in [0, 0.05) is 17.3 Å². The number of methoxy groups -OCH3 is 1. The van der Waals surface area contributed by atoms with Gasteiger partial charge in [0.15, 0.2) is 0 Å². The molecule has 0 saturated heterocycles. The van der Waals surface area contributed by atoms with Gasteiger partial charge in [0.05, 0.1) is 31.3 Å². The third-order valence-electron chi connectivity index (χ3n) is 5.44. The molecule has 0 amide bonds. The molecule has 1 atom stereocenters. The Morgan fingerprint density at radius 2 is 1.67 bits per heavy atom. The van der Waals surface area contributed by atoms with Crippen LogP contribution in [-0.2, 0) is 21.2 Å². The Morgan fingerprint density at radius 3 is 2.36 bits per heavy atom. The zero-order valence-corrected chi connectivity index (χ0v) is 20.7. The summed E-state index contributed by atoms with van der Waals surface area (Å²) in [4.78, 5) is 8.41. The molecule has 0 aliphatic carbocycles. The molecule has 4 rings (SSSR count). The minimum atomic E-state index is -3.87. The van der Waals surface area contributed by atoms with Crippen LogP contribution in [0.25, 0.3) is 11.4 Å². The van der Waals surface area contributed by atoms with Gasteiger partial charge in [0.25, 0.3) is 0 Å². The lowest BCUT2D eigenvalue weighted by Crippen LogP contribution is -2.16. The van der Waals surface area contributed by atoms with Crippen LogP contribution in [0, 0.1) is 12.7 Å². The lowest BCUT2D eigenvalue weighted by molar-refractivity contribution is 0.0361. The fourth-order valence-corrected chi connectivity index (χ4v) is 4.78. The number of aryl methyl sites for hydroxylation is 1. The number of ether oxygens (including phenoxy) is 2. The van der Waals surface area contributed by atoms with Gasteiger partial charge in [-0.05, 0) is 37.1 Å². The van der Waals surface area contributed by atoms with Crippen molar-refractivity contribution >= 4 is 9.84 Å². The minimum Gasteiger partial charge on any atom is -0.480 e. The molecule has 8 nitrogen and oxygen atoms in total. The molecule has 2 aromatic carbocycles. The third kappa shape index (κ3) is 6.27.